The Morgan fingerprint density at radius 2 is 1.88 bits per heavy atom. The number of aryl methyl sites for hydroxylation is 1. The van der Waals surface area contributed by atoms with Crippen molar-refractivity contribution in [3.8, 4) is 0 Å². The SMILES string of the molecule is Cc1ccc(C2=NN(c3ccc(CC(=O)CS(=O)(=O)c4ccc(Cl)s4)nc3)C(=O)C2)cc1. The summed E-state index contributed by atoms with van der Waals surface area (Å²) in [5.74, 6) is -1.28. The van der Waals surface area contributed by atoms with Gasteiger partial charge in [-0.15, -0.1) is 11.3 Å². The van der Waals surface area contributed by atoms with E-state index in [1.54, 1.807) is 12.1 Å². The number of thiophene rings is 1. The zero-order valence-corrected chi connectivity index (χ0v) is 19.4. The summed E-state index contributed by atoms with van der Waals surface area (Å²) in [6.07, 6.45) is 1.51. The fourth-order valence-electron chi connectivity index (χ4n) is 3.18. The molecule has 7 nitrogen and oxygen atoms in total. The first-order chi connectivity index (χ1) is 15.2. The van der Waals surface area contributed by atoms with Crippen LogP contribution in [0.5, 0.6) is 0 Å². The fraction of sp³-hybridized carbons (Fsp3) is 0.182. The summed E-state index contributed by atoms with van der Waals surface area (Å²) in [6.45, 7) is 1.99. The summed E-state index contributed by atoms with van der Waals surface area (Å²) >= 11 is 6.70. The number of amides is 1. The van der Waals surface area contributed by atoms with E-state index in [9.17, 15) is 18.0 Å². The fourth-order valence-corrected chi connectivity index (χ4v) is 6.00. The summed E-state index contributed by atoms with van der Waals surface area (Å²) in [5, 5.41) is 5.71. The van der Waals surface area contributed by atoms with Crippen molar-refractivity contribution in [1.29, 1.82) is 0 Å². The third kappa shape index (κ3) is 4.95. The number of benzene rings is 1. The molecule has 0 radical (unpaired) electrons. The van der Waals surface area contributed by atoms with E-state index >= 15 is 0 Å². The number of ketones is 1. The Kier molecular flexibility index (Phi) is 6.23. The summed E-state index contributed by atoms with van der Waals surface area (Å²) in [4.78, 5) is 28.9. The summed E-state index contributed by atoms with van der Waals surface area (Å²) < 4.78 is 25.1. The van der Waals surface area contributed by atoms with E-state index in [4.69, 9.17) is 11.6 Å². The van der Waals surface area contributed by atoms with Crippen LogP contribution in [-0.4, -0.2) is 36.6 Å². The number of hydrogen-bond acceptors (Lipinski definition) is 7. The van der Waals surface area contributed by atoms with Crippen LogP contribution in [0.1, 0.15) is 23.2 Å². The van der Waals surface area contributed by atoms with Gasteiger partial charge in [-0.1, -0.05) is 41.4 Å². The second-order valence-corrected chi connectivity index (χ2v) is 11.3. The van der Waals surface area contributed by atoms with Crippen LogP contribution in [0.3, 0.4) is 0 Å². The number of pyridine rings is 1. The number of anilines is 1. The maximum absolute atomic E-state index is 12.4. The van der Waals surface area contributed by atoms with E-state index in [1.807, 2.05) is 31.2 Å². The summed E-state index contributed by atoms with van der Waals surface area (Å²) in [7, 11) is -3.74. The zero-order chi connectivity index (χ0) is 22.9. The van der Waals surface area contributed by atoms with Crippen LogP contribution in [-0.2, 0) is 25.8 Å². The molecule has 0 saturated heterocycles. The molecule has 3 heterocycles. The lowest BCUT2D eigenvalue weighted by Gasteiger charge is -2.11. The molecule has 1 aliphatic heterocycles. The first kappa shape index (κ1) is 22.3. The van der Waals surface area contributed by atoms with Gasteiger partial charge in [0.2, 0.25) is 0 Å². The van der Waals surface area contributed by atoms with Crippen LogP contribution < -0.4 is 5.01 Å². The lowest BCUT2D eigenvalue weighted by Crippen LogP contribution is -2.20. The number of carbonyl (C=O) groups is 2. The van der Waals surface area contributed by atoms with E-state index in [2.05, 4.69) is 10.1 Å². The van der Waals surface area contributed by atoms with Gasteiger partial charge >= 0.3 is 0 Å². The predicted molar refractivity (Wildman–Crippen MR) is 124 cm³/mol. The van der Waals surface area contributed by atoms with E-state index in [1.165, 1.54) is 23.3 Å². The molecule has 0 unspecified atom stereocenters. The largest absolute Gasteiger partial charge is 0.298 e. The van der Waals surface area contributed by atoms with Crippen LogP contribution in [0.25, 0.3) is 0 Å². The van der Waals surface area contributed by atoms with Crippen molar-refractivity contribution in [2.75, 3.05) is 10.8 Å². The van der Waals surface area contributed by atoms with Crippen molar-refractivity contribution in [3.05, 3.63) is 75.9 Å². The van der Waals surface area contributed by atoms with Crippen molar-refractivity contribution >= 4 is 55.9 Å². The highest BCUT2D eigenvalue weighted by Crippen LogP contribution is 2.27. The van der Waals surface area contributed by atoms with Crippen LogP contribution in [0.15, 0.2) is 64.0 Å². The van der Waals surface area contributed by atoms with Crippen LogP contribution in [0.4, 0.5) is 5.69 Å². The molecule has 0 N–H and O–H groups in total. The molecular weight excluding hydrogens is 470 g/mol. The van der Waals surface area contributed by atoms with Crippen molar-refractivity contribution in [3.63, 3.8) is 0 Å². The molecule has 0 saturated carbocycles. The number of carbonyl (C=O) groups excluding carboxylic acids is 2. The Labute approximate surface area is 194 Å². The Morgan fingerprint density at radius 3 is 2.50 bits per heavy atom. The highest BCUT2D eigenvalue weighted by atomic mass is 35.5. The lowest BCUT2D eigenvalue weighted by atomic mass is 10.1. The van der Waals surface area contributed by atoms with E-state index in [-0.39, 0.29) is 23.0 Å². The van der Waals surface area contributed by atoms with Gasteiger partial charge in [0.15, 0.2) is 15.6 Å². The molecule has 0 aliphatic carbocycles. The van der Waals surface area contributed by atoms with Crippen LogP contribution in [0, 0.1) is 6.92 Å². The van der Waals surface area contributed by atoms with Gasteiger partial charge < -0.3 is 0 Å². The van der Waals surface area contributed by atoms with Gasteiger partial charge in [-0.25, -0.2) is 8.42 Å². The van der Waals surface area contributed by atoms with Gasteiger partial charge in [0, 0.05) is 12.1 Å². The van der Waals surface area contributed by atoms with Crippen molar-refractivity contribution in [2.24, 2.45) is 5.10 Å². The Balaban J connectivity index is 1.43. The number of sulfone groups is 1. The molecule has 10 heteroatoms. The second-order valence-electron chi connectivity index (χ2n) is 7.34. The van der Waals surface area contributed by atoms with E-state index in [0.29, 0.717) is 21.4 Å². The first-order valence-corrected chi connectivity index (χ1v) is 12.5. The third-order valence-corrected chi connectivity index (χ3v) is 8.29. The molecule has 0 spiro atoms. The third-order valence-electron chi connectivity index (χ3n) is 4.80. The van der Waals surface area contributed by atoms with E-state index < -0.39 is 21.4 Å². The molecule has 1 amide bonds. The smallest absolute Gasteiger partial charge is 0.253 e. The molecule has 2 aromatic heterocycles. The number of nitrogens with zero attached hydrogens (tertiary/aromatic N) is 3. The zero-order valence-electron chi connectivity index (χ0n) is 17.0. The van der Waals surface area contributed by atoms with Gasteiger partial charge in [-0.05, 0) is 36.8 Å². The predicted octanol–water partition coefficient (Wildman–Crippen LogP) is 3.83. The second kappa shape index (κ2) is 8.93. The Bertz CT molecular complexity index is 1310. The molecule has 1 aromatic carbocycles. The monoisotopic (exact) mass is 487 g/mol. The van der Waals surface area contributed by atoms with Gasteiger partial charge in [0.05, 0.1) is 28.4 Å². The molecule has 0 fully saturated rings. The highest BCUT2D eigenvalue weighted by Gasteiger charge is 2.26. The molecule has 3 aromatic rings. The Hall–Kier alpha value is -2.88. The van der Waals surface area contributed by atoms with Crippen molar-refractivity contribution in [1.82, 2.24) is 4.98 Å². The molecule has 32 heavy (non-hydrogen) atoms. The molecule has 164 valence electrons. The van der Waals surface area contributed by atoms with E-state index in [0.717, 1.165) is 22.5 Å². The number of hydrogen-bond donors (Lipinski definition) is 0. The first-order valence-electron chi connectivity index (χ1n) is 9.63. The summed E-state index contributed by atoms with van der Waals surface area (Å²) in [6, 6.07) is 13.9. The maximum Gasteiger partial charge on any atom is 0.253 e. The van der Waals surface area contributed by atoms with Gasteiger partial charge in [0.1, 0.15) is 9.96 Å². The minimum Gasteiger partial charge on any atom is -0.298 e. The average molecular weight is 488 g/mol. The van der Waals surface area contributed by atoms with Gasteiger partial charge in [0.25, 0.3) is 5.91 Å². The van der Waals surface area contributed by atoms with Crippen LogP contribution in [0.2, 0.25) is 4.34 Å². The minimum atomic E-state index is -3.74. The minimum absolute atomic E-state index is 0.0638. The Morgan fingerprint density at radius 1 is 1.12 bits per heavy atom. The molecule has 0 bridgehead atoms. The maximum atomic E-state index is 12.4. The standard InChI is InChI=1S/C22H18ClN3O4S2/c1-14-2-4-15(5-3-14)19-11-21(28)26(25-19)17-7-6-16(24-12-17)10-18(27)13-32(29,30)22-9-8-20(23)31-22/h2-9,12H,10-11,13H2,1H3. The number of aromatic nitrogens is 1. The van der Waals surface area contributed by atoms with Crippen LogP contribution >= 0.6 is 22.9 Å². The molecule has 0 atom stereocenters. The highest BCUT2D eigenvalue weighted by molar-refractivity contribution is 7.94. The number of halogens is 1. The molecular formula is C22H18ClN3O4S2. The topological polar surface area (TPSA) is 96.8 Å². The number of rotatable bonds is 7. The van der Waals surface area contributed by atoms with Gasteiger partial charge in [-0.3, -0.25) is 14.6 Å². The molecule has 1 aliphatic rings. The number of hydrazone groups is 1. The van der Waals surface area contributed by atoms with Gasteiger partial charge in [-0.2, -0.15) is 10.1 Å². The van der Waals surface area contributed by atoms with Crippen molar-refractivity contribution < 1.29 is 18.0 Å². The molecule has 4 rings (SSSR count). The normalized spacial score (nSPS) is 14.0. The average Bonchev–Trinajstić information content (AvgIpc) is 3.35. The quantitative estimate of drug-likeness (QED) is 0.504. The van der Waals surface area contributed by atoms with Crippen molar-refractivity contribution in [2.45, 2.75) is 24.0 Å². The number of Topliss-reactive ketones (excluding diaryl/α,β-unsaturated/α-hetero) is 1. The lowest BCUT2D eigenvalue weighted by molar-refractivity contribution is -0.117. The summed E-state index contributed by atoms with van der Waals surface area (Å²) in [5.41, 5.74) is 3.57.